The summed E-state index contributed by atoms with van der Waals surface area (Å²) >= 11 is 3.27. The number of anilines is 1. The van der Waals surface area contributed by atoms with Crippen LogP contribution in [0.1, 0.15) is 12.8 Å². The van der Waals surface area contributed by atoms with E-state index >= 15 is 0 Å². The monoisotopic (exact) mass is 401 g/mol. The lowest BCUT2D eigenvalue weighted by molar-refractivity contribution is -0.0496. The first-order valence-electron chi connectivity index (χ1n) is 6.62. The summed E-state index contributed by atoms with van der Waals surface area (Å²) in [6.45, 7) is 0.332. The molecule has 5 nitrogen and oxygen atoms in total. The number of alkyl halides is 3. The van der Waals surface area contributed by atoms with Crippen LogP contribution in [0.25, 0.3) is 0 Å². The number of pyridine rings is 1. The predicted molar refractivity (Wildman–Crippen MR) is 79.7 cm³/mol. The molecule has 0 aromatic carbocycles. The molecule has 22 heavy (non-hydrogen) atoms. The summed E-state index contributed by atoms with van der Waals surface area (Å²) in [4.78, 5) is 4.14. The van der Waals surface area contributed by atoms with E-state index in [1.165, 1.54) is 0 Å². The van der Waals surface area contributed by atoms with Gasteiger partial charge in [0.05, 0.1) is 0 Å². The van der Waals surface area contributed by atoms with Crippen molar-refractivity contribution >= 4 is 31.8 Å². The number of sulfonamides is 1. The second-order valence-electron chi connectivity index (χ2n) is 5.04. The van der Waals surface area contributed by atoms with E-state index < -0.39 is 15.5 Å². The lowest BCUT2D eigenvalue weighted by atomic mass is 9.98. The number of nitrogens with zero attached hydrogens (tertiary/aromatic N) is 2. The molecule has 1 aliphatic rings. The Balaban J connectivity index is 1.84. The molecule has 0 atom stereocenters. The normalized spacial score (nSPS) is 18.4. The molecule has 0 saturated carbocycles. The van der Waals surface area contributed by atoms with Crippen molar-refractivity contribution in [2.75, 3.05) is 25.0 Å². The maximum Gasteiger partial charge on any atom is 0.511 e. The zero-order valence-corrected chi connectivity index (χ0v) is 13.9. The topological polar surface area (TPSA) is 62.3 Å². The number of hydrogen-bond acceptors (Lipinski definition) is 4. The molecule has 1 aromatic heterocycles. The van der Waals surface area contributed by atoms with Gasteiger partial charge in [0.15, 0.2) is 0 Å². The Hall–Kier alpha value is -0.870. The second kappa shape index (κ2) is 6.71. The summed E-state index contributed by atoms with van der Waals surface area (Å²) in [6, 6.07) is 3.61. The van der Waals surface area contributed by atoms with Crippen LogP contribution in [0.15, 0.2) is 22.8 Å². The van der Waals surface area contributed by atoms with Crippen molar-refractivity contribution in [2.45, 2.75) is 18.3 Å². The standard InChI is InChI=1S/C12H15BrF3N3O2S/c13-10-1-2-11(18-8-10)17-7-9-3-5-19(6-4-9)22(20,21)12(14,15)16/h1-2,8-9H,3-7H2,(H,17,18). The SMILES string of the molecule is O=S(=O)(N1CCC(CNc2ccc(Br)cn2)CC1)C(F)(F)F. The van der Waals surface area contributed by atoms with Gasteiger partial charge in [0, 0.05) is 30.3 Å². The van der Waals surface area contributed by atoms with Crippen LogP contribution in [-0.2, 0) is 10.0 Å². The molecule has 1 aromatic rings. The highest BCUT2D eigenvalue weighted by atomic mass is 79.9. The van der Waals surface area contributed by atoms with E-state index in [-0.39, 0.29) is 19.0 Å². The van der Waals surface area contributed by atoms with Crippen LogP contribution in [0.2, 0.25) is 0 Å². The highest BCUT2D eigenvalue weighted by molar-refractivity contribution is 9.10. The van der Waals surface area contributed by atoms with Gasteiger partial charge in [-0.05, 0) is 46.8 Å². The van der Waals surface area contributed by atoms with Crippen molar-refractivity contribution in [3.05, 3.63) is 22.8 Å². The van der Waals surface area contributed by atoms with E-state index in [2.05, 4.69) is 26.2 Å². The molecular weight excluding hydrogens is 387 g/mol. The first-order valence-corrected chi connectivity index (χ1v) is 8.85. The van der Waals surface area contributed by atoms with Crippen molar-refractivity contribution < 1.29 is 21.6 Å². The van der Waals surface area contributed by atoms with Crippen molar-refractivity contribution in [2.24, 2.45) is 5.92 Å². The number of rotatable bonds is 4. The zero-order valence-electron chi connectivity index (χ0n) is 11.5. The molecule has 2 rings (SSSR count). The van der Waals surface area contributed by atoms with Crippen molar-refractivity contribution in [3.63, 3.8) is 0 Å². The first kappa shape index (κ1) is 17.5. The van der Waals surface area contributed by atoms with Crippen LogP contribution in [-0.4, -0.2) is 42.8 Å². The third-order valence-corrected chi connectivity index (χ3v) is 5.60. The van der Waals surface area contributed by atoms with Gasteiger partial charge >= 0.3 is 15.5 Å². The highest BCUT2D eigenvalue weighted by Crippen LogP contribution is 2.30. The number of aromatic nitrogens is 1. The van der Waals surface area contributed by atoms with Crippen LogP contribution < -0.4 is 5.32 Å². The minimum atomic E-state index is -5.22. The molecule has 1 fully saturated rings. The van der Waals surface area contributed by atoms with Gasteiger partial charge in [-0.1, -0.05) is 0 Å². The molecule has 0 amide bonds. The molecule has 10 heteroatoms. The molecule has 1 saturated heterocycles. The zero-order chi connectivity index (χ0) is 16.4. The van der Waals surface area contributed by atoms with Crippen molar-refractivity contribution in [3.8, 4) is 0 Å². The summed E-state index contributed by atoms with van der Waals surface area (Å²) in [5.41, 5.74) is -5.22. The van der Waals surface area contributed by atoms with Gasteiger partial charge in [-0.25, -0.2) is 13.4 Å². The third kappa shape index (κ3) is 4.11. The molecular formula is C12H15BrF3N3O2S. The molecule has 124 valence electrons. The van der Waals surface area contributed by atoms with E-state index in [4.69, 9.17) is 0 Å². The van der Waals surface area contributed by atoms with Gasteiger partial charge in [-0.15, -0.1) is 0 Å². The summed E-state index contributed by atoms with van der Waals surface area (Å²) < 4.78 is 61.3. The smallest absolute Gasteiger partial charge is 0.370 e. The van der Waals surface area contributed by atoms with E-state index in [1.807, 2.05) is 6.07 Å². The molecule has 1 N–H and O–H groups in total. The van der Waals surface area contributed by atoms with E-state index in [1.54, 1.807) is 12.3 Å². The van der Waals surface area contributed by atoms with Crippen LogP contribution in [0.5, 0.6) is 0 Å². The number of hydrogen-bond donors (Lipinski definition) is 1. The molecule has 0 unspecified atom stereocenters. The van der Waals surface area contributed by atoms with Gasteiger partial charge in [0.2, 0.25) is 0 Å². The molecule has 0 bridgehead atoms. The van der Waals surface area contributed by atoms with Gasteiger partial charge in [-0.3, -0.25) is 0 Å². The summed E-state index contributed by atoms with van der Waals surface area (Å²) in [5, 5.41) is 3.10. The fourth-order valence-corrected chi connectivity index (χ4v) is 3.45. The van der Waals surface area contributed by atoms with E-state index in [9.17, 15) is 21.6 Å². The average molecular weight is 402 g/mol. The first-order chi connectivity index (χ1) is 10.2. The molecule has 0 radical (unpaired) electrons. The Morgan fingerprint density at radius 1 is 1.32 bits per heavy atom. The van der Waals surface area contributed by atoms with Crippen molar-refractivity contribution in [1.82, 2.24) is 9.29 Å². The molecule has 2 heterocycles. The maximum atomic E-state index is 12.5. The Bertz CT molecular complexity index is 599. The number of piperidine rings is 1. The second-order valence-corrected chi connectivity index (χ2v) is 7.88. The highest BCUT2D eigenvalue weighted by Gasteiger charge is 2.50. The lowest BCUT2D eigenvalue weighted by Gasteiger charge is -2.31. The fourth-order valence-electron chi connectivity index (χ4n) is 2.23. The fraction of sp³-hybridized carbons (Fsp3) is 0.583. The minimum absolute atomic E-state index is 0.109. The summed E-state index contributed by atoms with van der Waals surface area (Å²) in [7, 11) is -5.20. The van der Waals surface area contributed by atoms with Crippen LogP contribution in [0, 0.1) is 5.92 Å². The minimum Gasteiger partial charge on any atom is -0.370 e. The Labute approximate surface area is 135 Å². The molecule has 1 aliphatic heterocycles. The Kier molecular flexibility index (Phi) is 5.33. The molecule has 0 aliphatic carbocycles. The van der Waals surface area contributed by atoms with E-state index in [0.717, 1.165) is 4.47 Å². The van der Waals surface area contributed by atoms with Gasteiger partial charge < -0.3 is 5.32 Å². The summed E-state index contributed by atoms with van der Waals surface area (Å²) in [5.74, 6) is 0.790. The van der Waals surface area contributed by atoms with Crippen LogP contribution >= 0.6 is 15.9 Å². The van der Waals surface area contributed by atoms with Crippen molar-refractivity contribution in [1.29, 1.82) is 0 Å². The molecule has 0 spiro atoms. The van der Waals surface area contributed by atoms with Gasteiger partial charge in [0.1, 0.15) is 5.82 Å². The largest absolute Gasteiger partial charge is 0.511 e. The summed E-state index contributed by atoms with van der Waals surface area (Å²) in [6.07, 6.45) is 2.42. The van der Waals surface area contributed by atoms with E-state index in [0.29, 0.717) is 29.5 Å². The van der Waals surface area contributed by atoms with Gasteiger partial charge in [0.25, 0.3) is 0 Å². The van der Waals surface area contributed by atoms with Crippen LogP contribution in [0.4, 0.5) is 19.0 Å². The Morgan fingerprint density at radius 3 is 2.45 bits per heavy atom. The average Bonchev–Trinajstić information content (AvgIpc) is 2.46. The number of halogens is 4. The lowest BCUT2D eigenvalue weighted by Crippen LogP contribution is -2.45. The number of nitrogens with one attached hydrogen (secondary N) is 1. The third-order valence-electron chi connectivity index (χ3n) is 3.51. The Morgan fingerprint density at radius 2 is 1.95 bits per heavy atom. The van der Waals surface area contributed by atoms with Crippen LogP contribution in [0.3, 0.4) is 0 Å². The quantitative estimate of drug-likeness (QED) is 0.842. The predicted octanol–water partition coefficient (Wildman–Crippen LogP) is 2.82. The maximum absolute atomic E-state index is 12.5. The van der Waals surface area contributed by atoms with Gasteiger partial charge in [-0.2, -0.15) is 17.5 Å².